The van der Waals surface area contributed by atoms with Gasteiger partial charge in [-0.2, -0.15) is 0 Å². The highest BCUT2D eigenvalue weighted by molar-refractivity contribution is 6.06. The summed E-state index contributed by atoms with van der Waals surface area (Å²) in [5.41, 5.74) is 6.34. The zero-order chi connectivity index (χ0) is 32.8. The molecule has 0 saturated carbocycles. The number of anilines is 2. The van der Waals surface area contributed by atoms with Crippen LogP contribution >= 0.6 is 0 Å². The number of carbonyl (C=O) groups excluding carboxylic acids is 2. The summed E-state index contributed by atoms with van der Waals surface area (Å²) in [4.78, 5) is 43.0. The van der Waals surface area contributed by atoms with Crippen LogP contribution < -0.4 is 15.1 Å². The van der Waals surface area contributed by atoms with E-state index in [4.69, 9.17) is 9.72 Å². The Morgan fingerprint density at radius 2 is 1.76 bits per heavy atom. The molecule has 1 unspecified atom stereocenters. The topological polar surface area (TPSA) is 90.4 Å². The molecule has 2 fully saturated rings. The standard InChI is InChI=1S/C37H52N6O3/c1-7-9-27-20-25(3)40-37(45)33(27)24-39-36(44)32-21-29(22-34(26(32)4)43(8-2)31-14-18-46-19-15-31)28-10-11-35(38-23-28)42-16-12-30(13-17-42)41(5)6/h10-11,20-23,30-31,33H,7-9,12-19,24H2,1-6H3,(H,39,44). The first kappa shape index (κ1) is 33.8. The molecule has 248 valence electrons. The molecule has 3 aliphatic rings. The van der Waals surface area contributed by atoms with Crippen molar-refractivity contribution in [3.05, 3.63) is 53.2 Å². The van der Waals surface area contributed by atoms with E-state index in [1.807, 2.05) is 32.2 Å². The number of aliphatic imine (C=N–C) groups is 1. The van der Waals surface area contributed by atoms with E-state index in [-0.39, 0.29) is 18.4 Å². The van der Waals surface area contributed by atoms with Crippen molar-refractivity contribution in [1.29, 1.82) is 0 Å². The Morgan fingerprint density at radius 1 is 1.02 bits per heavy atom. The van der Waals surface area contributed by atoms with Gasteiger partial charge in [0.15, 0.2) is 0 Å². The van der Waals surface area contributed by atoms with Gasteiger partial charge in [-0.15, -0.1) is 0 Å². The number of nitrogens with zero attached hydrogens (tertiary/aromatic N) is 5. The summed E-state index contributed by atoms with van der Waals surface area (Å²) >= 11 is 0. The highest BCUT2D eigenvalue weighted by Gasteiger charge is 2.28. The highest BCUT2D eigenvalue weighted by atomic mass is 16.5. The highest BCUT2D eigenvalue weighted by Crippen LogP contribution is 2.34. The summed E-state index contributed by atoms with van der Waals surface area (Å²) < 4.78 is 5.68. The Morgan fingerprint density at radius 3 is 2.39 bits per heavy atom. The number of ether oxygens (including phenoxy) is 1. The van der Waals surface area contributed by atoms with E-state index < -0.39 is 5.92 Å². The number of hydrogen-bond donors (Lipinski definition) is 1. The first-order chi connectivity index (χ1) is 22.2. The molecule has 46 heavy (non-hydrogen) atoms. The first-order valence-corrected chi connectivity index (χ1v) is 17.1. The zero-order valence-electron chi connectivity index (χ0n) is 28.6. The van der Waals surface area contributed by atoms with Crippen LogP contribution in [-0.4, -0.2) is 93.0 Å². The van der Waals surface area contributed by atoms with Gasteiger partial charge in [-0.3, -0.25) is 9.59 Å². The molecule has 3 aliphatic heterocycles. The molecule has 1 aromatic carbocycles. The molecule has 4 heterocycles. The summed E-state index contributed by atoms with van der Waals surface area (Å²) in [5.74, 6) is 0.217. The molecule has 1 aromatic heterocycles. The van der Waals surface area contributed by atoms with Gasteiger partial charge in [-0.1, -0.05) is 18.9 Å². The smallest absolute Gasteiger partial charge is 0.254 e. The molecule has 0 bridgehead atoms. The molecule has 9 heteroatoms. The van der Waals surface area contributed by atoms with Crippen LogP contribution in [0, 0.1) is 12.8 Å². The maximum absolute atomic E-state index is 14.0. The lowest BCUT2D eigenvalue weighted by Gasteiger charge is -2.37. The summed E-state index contributed by atoms with van der Waals surface area (Å²) in [6, 6.07) is 9.40. The number of pyridine rings is 1. The van der Waals surface area contributed by atoms with Crippen LogP contribution in [0.4, 0.5) is 11.5 Å². The van der Waals surface area contributed by atoms with Crippen molar-refractivity contribution in [1.82, 2.24) is 15.2 Å². The van der Waals surface area contributed by atoms with Gasteiger partial charge in [0.25, 0.3) is 11.8 Å². The fraction of sp³-hybridized carbons (Fsp3) is 0.568. The predicted molar refractivity (Wildman–Crippen MR) is 187 cm³/mol. The van der Waals surface area contributed by atoms with Gasteiger partial charge in [0.2, 0.25) is 0 Å². The van der Waals surface area contributed by atoms with Crippen LogP contribution in [0.15, 0.2) is 47.1 Å². The number of carbonyl (C=O) groups is 2. The van der Waals surface area contributed by atoms with Gasteiger partial charge in [0.1, 0.15) is 5.82 Å². The van der Waals surface area contributed by atoms with Crippen molar-refractivity contribution < 1.29 is 14.3 Å². The van der Waals surface area contributed by atoms with Gasteiger partial charge in [0, 0.05) is 80.2 Å². The maximum Gasteiger partial charge on any atom is 0.254 e. The maximum atomic E-state index is 14.0. The largest absolute Gasteiger partial charge is 0.381 e. The number of dihydropyridines is 1. The number of rotatable bonds is 11. The Kier molecular flexibility index (Phi) is 11.3. The van der Waals surface area contributed by atoms with Crippen molar-refractivity contribution in [2.24, 2.45) is 10.9 Å². The Balaban J connectivity index is 1.43. The van der Waals surface area contributed by atoms with Crippen LogP contribution in [0.1, 0.15) is 75.2 Å². The number of piperidine rings is 1. The molecule has 0 aliphatic carbocycles. The van der Waals surface area contributed by atoms with Crippen molar-refractivity contribution >= 4 is 29.0 Å². The van der Waals surface area contributed by atoms with Gasteiger partial charge >= 0.3 is 0 Å². The minimum atomic E-state index is -0.426. The quantitative estimate of drug-likeness (QED) is 0.343. The molecule has 5 rings (SSSR count). The molecule has 2 amide bonds. The fourth-order valence-electron chi connectivity index (χ4n) is 7.23. The van der Waals surface area contributed by atoms with Gasteiger partial charge in [-0.25, -0.2) is 9.98 Å². The van der Waals surface area contributed by atoms with E-state index in [9.17, 15) is 9.59 Å². The Labute approximate surface area is 275 Å². The number of aromatic nitrogens is 1. The van der Waals surface area contributed by atoms with E-state index >= 15 is 0 Å². The SMILES string of the molecule is CCCC1=CC(C)=NC(=O)C1CNC(=O)c1cc(-c2ccc(N3CCC(N(C)C)CC3)nc2)cc(N(CC)C2CCOCC2)c1C. The van der Waals surface area contributed by atoms with Crippen LogP contribution in [0.3, 0.4) is 0 Å². The number of benzene rings is 1. The molecule has 2 saturated heterocycles. The van der Waals surface area contributed by atoms with Crippen LogP contribution in [0.5, 0.6) is 0 Å². The van der Waals surface area contributed by atoms with Gasteiger partial charge in [-0.05, 0) is 108 Å². The van der Waals surface area contributed by atoms with Gasteiger partial charge in [0.05, 0.1) is 5.92 Å². The molecule has 1 atom stereocenters. The normalized spacial score (nSPS) is 19.7. The van der Waals surface area contributed by atoms with Crippen LogP contribution in [0.2, 0.25) is 0 Å². The minimum Gasteiger partial charge on any atom is -0.381 e. The van der Waals surface area contributed by atoms with E-state index in [1.54, 1.807) is 0 Å². The van der Waals surface area contributed by atoms with Crippen molar-refractivity contribution in [2.75, 3.05) is 63.3 Å². The monoisotopic (exact) mass is 628 g/mol. The van der Waals surface area contributed by atoms with Gasteiger partial charge < -0.3 is 24.8 Å². The second-order valence-electron chi connectivity index (χ2n) is 13.2. The zero-order valence-corrected chi connectivity index (χ0v) is 28.6. The minimum absolute atomic E-state index is 0.174. The van der Waals surface area contributed by atoms with E-state index in [0.29, 0.717) is 17.6 Å². The second kappa shape index (κ2) is 15.4. The Bertz CT molecular complexity index is 1440. The van der Waals surface area contributed by atoms with E-state index in [0.717, 1.165) is 111 Å². The van der Waals surface area contributed by atoms with Crippen molar-refractivity contribution in [3.63, 3.8) is 0 Å². The third-order valence-electron chi connectivity index (χ3n) is 9.94. The van der Waals surface area contributed by atoms with E-state index in [1.165, 1.54) is 0 Å². The number of amides is 2. The molecule has 0 spiro atoms. The first-order valence-electron chi connectivity index (χ1n) is 17.1. The molecule has 9 nitrogen and oxygen atoms in total. The third-order valence-corrected chi connectivity index (χ3v) is 9.94. The average molecular weight is 629 g/mol. The lowest BCUT2D eigenvalue weighted by atomic mass is 9.90. The van der Waals surface area contributed by atoms with E-state index in [2.05, 4.69) is 71.2 Å². The average Bonchev–Trinajstić information content (AvgIpc) is 3.06. The summed E-state index contributed by atoms with van der Waals surface area (Å²) in [5, 5.41) is 3.11. The summed E-state index contributed by atoms with van der Waals surface area (Å²) in [6.45, 7) is 12.7. The van der Waals surface area contributed by atoms with Crippen LogP contribution in [-0.2, 0) is 9.53 Å². The number of nitrogens with one attached hydrogen (secondary N) is 1. The molecular formula is C37H52N6O3. The molecule has 1 N–H and O–H groups in total. The predicted octanol–water partition coefficient (Wildman–Crippen LogP) is 5.67. The third kappa shape index (κ3) is 7.69. The molecule has 0 radical (unpaired) electrons. The lowest BCUT2D eigenvalue weighted by Crippen LogP contribution is -2.42. The number of allylic oxidation sites excluding steroid dienone is 1. The van der Waals surface area contributed by atoms with Crippen molar-refractivity contribution in [3.8, 4) is 11.1 Å². The van der Waals surface area contributed by atoms with Crippen molar-refractivity contribution in [2.45, 2.75) is 78.3 Å². The molecular weight excluding hydrogens is 576 g/mol. The summed E-state index contributed by atoms with van der Waals surface area (Å²) in [6.07, 6.45) is 9.85. The van der Waals surface area contributed by atoms with Crippen LogP contribution in [0.25, 0.3) is 11.1 Å². The fourth-order valence-corrected chi connectivity index (χ4v) is 7.23. The lowest BCUT2D eigenvalue weighted by molar-refractivity contribution is -0.120. The number of hydrogen-bond acceptors (Lipinski definition) is 7. The molecule has 2 aromatic rings. The summed E-state index contributed by atoms with van der Waals surface area (Å²) in [7, 11) is 4.32. The second-order valence-corrected chi connectivity index (χ2v) is 13.2. The Hall–Kier alpha value is -3.56.